The fourth-order valence-electron chi connectivity index (χ4n) is 2.10. The Morgan fingerprint density at radius 2 is 2.33 bits per heavy atom. The number of amides is 1. The van der Waals surface area contributed by atoms with Gasteiger partial charge in [0.25, 0.3) is 0 Å². The van der Waals surface area contributed by atoms with Gasteiger partial charge >= 0.3 is 0 Å². The van der Waals surface area contributed by atoms with E-state index in [2.05, 4.69) is 21.2 Å². The van der Waals surface area contributed by atoms with Crippen molar-refractivity contribution in [1.29, 1.82) is 0 Å². The largest absolute Gasteiger partial charge is 0.396 e. The number of aliphatic hydroxyl groups is 1. The Balaban J connectivity index is 2.21. The van der Waals surface area contributed by atoms with Crippen LogP contribution in [0.3, 0.4) is 0 Å². The first kappa shape index (κ1) is 13.5. The van der Waals surface area contributed by atoms with Crippen LogP contribution in [0.4, 0.5) is 5.69 Å². The summed E-state index contributed by atoms with van der Waals surface area (Å²) in [5.41, 5.74) is 2.05. The van der Waals surface area contributed by atoms with E-state index in [1.165, 1.54) is 0 Å². The molecule has 2 N–H and O–H groups in total. The van der Waals surface area contributed by atoms with E-state index in [9.17, 15) is 4.79 Å². The average molecular weight is 313 g/mol. The molecule has 0 aromatic heterocycles. The molecule has 1 fully saturated rings. The lowest BCUT2D eigenvalue weighted by atomic mass is 10.1. The first-order valence-corrected chi connectivity index (χ1v) is 6.84. The number of halogens is 1. The molecule has 1 amide bonds. The Morgan fingerprint density at radius 1 is 1.56 bits per heavy atom. The lowest BCUT2D eigenvalue weighted by Gasteiger charge is -2.33. The normalized spacial score (nSPS) is 20.3. The number of nitrogens with one attached hydrogen (secondary N) is 1. The van der Waals surface area contributed by atoms with E-state index in [0.29, 0.717) is 13.0 Å². The van der Waals surface area contributed by atoms with Crippen molar-refractivity contribution in [2.75, 3.05) is 24.6 Å². The average Bonchev–Trinajstić information content (AvgIpc) is 2.36. The zero-order valence-corrected chi connectivity index (χ0v) is 11.9. The number of piperazine rings is 1. The smallest absolute Gasteiger partial charge is 0.244 e. The number of anilines is 1. The van der Waals surface area contributed by atoms with Crippen LogP contribution in [0.15, 0.2) is 22.7 Å². The van der Waals surface area contributed by atoms with Crippen LogP contribution in [0.5, 0.6) is 0 Å². The summed E-state index contributed by atoms with van der Waals surface area (Å²) in [6.07, 6.45) is 0.461. The molecule has 0 spiro atoms. The molecule has 0 saturated carbocycles. The maximum atomic E-state index is 12.2. The van der Waals surface area contributed by atoms with E-state index in [4.69, 9.17) is 5.11 Å². The van der Waals surface area contributed by atoms with Crippen LogP contribution >= 0.6 is 15.9 Å². The monoisotopic (exact) mass is 312 g/mol. The Kier molecular flexibility index (Phi) is 4.37. The number of aliphatic hydroxyl groups excluding tert-OH is 1. The number of benzene rings is 1. The molecule has 1 aliphatic heterocycles. The van der Waals surface area contributed by atoms with Crippen LogP contribution in [0, 0.1) is 6.92 Å². The minimum Gasteiger partial charge on any atom is -0.396 e. The molecular formula is C13H17BrN2O2. The molecule has 1 unspecified atom stereocenters. The van der Waals surface area contributed by atoms with Crippen molar-refractivity contribution in [3.63, 3.8) is 0 Å². The van der Waals surface area contributed by atoms with Crippen LogP contribution in [0.2, 0.25) is 0 Å². The van der Waals surface area contributed by atoms with Crippen molar-refractivity contribution < 1.29 is 9.90 Å². The number of hydrogen-bond acceptors (Lipinski definition) is 3. The van der Waals surface area contributed by atoms with Gasteiger partial charge in [-0.3, -0.25) is 4.79 Å². The van der Waals surface area contributed by atoms with Crippen molar-refractivity contribution >= 4 is 27.5 Å². The second-order valence-corrected chi connectivity index (χ2v) is 5.30. The summed E-state index contributed by atoms with van der Waals surface area (Å²) >= 11 is 3.48. The highest BCUT2D eigenvalue weighted by Gasteiger charge is 2.28. The Labute approximate surface area is 115 Å². The van der Waals surface area contributed by atoms with Gasteiger partial charge in [0.1, 0.15) is 0 Å². The molecule has 1 aromatic carbocycles. The lowest BCUT2D eigenvalue weighted by molar-refractivity contribution is -0.122. The van der Waals surface area contributed by atoms with Gasteiger partial charge in [-0.15, -0.1) is 0 Å². The summed E-state index contributed by atoms with van der Waals surface area (Å²) in [5, 5.41) is 12.1. The molecule has 2 rings (SSSR count). The molecule has 1 heterocycles. The van der Waals surface area contributed by atoms with Crippen LogP contribution in [0.1, 0.15) is 12.0 Å². The number of aryl methyl sites for hydroxylation is 1. The van der Waals surface area contributed by atoms with Crippen molar-refractivity contribution in [1.82, 2.24) is 5.32 Å². The van der Waals surface area contributed by atoms with E-state index < -0.39 is 0 Å². The maximum Gasteiger partial charge on any atom is 0.244 e. The molecule has 1 atom stereocenters. The zero-order chi connectivity index (χ0) is 13.1. The molecule has 5 heteroatoms. The van der Waals surface area contributed by atoms with Crippen LogP contribution < -0.4 is 10.2 Å². The summed E-state index contributed by atoms with van der Waals surface area (Å²) < 4.78 is 1.00. The summed E-state index contributed by atoms with van der Waals surface area (Å²) in [7, 11) is 0. The summed E-state index contributed by atoms with van der Waals surface area (Å²) in [4.78, 5) is 14.0. The van der Waals surface area contributed by atoms with Crippen molar-refractivity contribution in [3.8, 4) is 0 Å². The zero-order valence-electron chi connectivity index (χ0n) is 10.3. The SMILES string of the molecule is Cc1ccc(N2CCNC(CCO)C2=O)cc1Br. The van der Waals surface area contributed by atoms with Crippen LogP contribution in [-0.4, -0.2) is 36.8 Å². The van der Waals surface area contributed by atoms with Gasteiger partial charge in [0.05, 0.1) is 6.04 Å². The third-order valence-electron chi connectivity index (χ3n) is 3.18. The second kappa shape index (κ2) is 5.82. The molecule has 1 saturated heterocycles. The fourth-order valence-corrected chi connectivity index (χ4v) is 2.46. The van der Waals surface area contributed by atoms with Crippen LogP contribution in [0.25, 0.3) is 0 Å². The first-order valence-electron chi connectivity index (χ1n) is 6.05. The predicted molar refractivity (Wildman–Crippen MR) is 74.7 cm³/mol. The summed E-state index contributed by atoms with van der Waals surface area (Å²) in [6, 6.07) is 5.65. The second-order valence-electron chi connectivity index (χ2n) is 4.44. The van der Waals surface area contributed by atoms with Crippen molar-refractivity contribution in [2.45, 2.75) is 19.4 Å². The Hall–Kier alpha value is -0.910. The van der Waals surface area contributed by atoms with Crippen molar-refractivity contribution in [3.05, 3.63) is 28.2 Å². The molecule has 4 nitrogen and oxygen atoms in total. The minimum atomic E-state index is -0.274. The number of hydrogen-bond donors (Lipinski definition) is 2. The fraction of sp³-hybridized carbons (Fsp3) is 0.462. The Bertz CT molecular complexity index is 449. The Morgan fingerprint density at radius 3 is 3.00 bits per heavy atom. The van der Waals surface area contributed by atoms with Gasteiger partial charge in [-0.05, 0) is 31.0 Å². The third-order valence-corrected chi connectivity index (χ3v) is 4.03. The minimum absolute atomic E-state index is 0.0227. The molecule has 98 valence electrons. The topological polar surface area (TPSA) is 52.6 Å². The molecule has 1 aliphatic rings. The number of nitrogens with zero attached hydrogens (tertiary/aromatic N) is 1. The van der Waals surface area contributed by atoms with Gasteiger partial charge in [-0.2, -0.15) is 0 Å². The van der Waals surface area contributed by atoms with Gasteiger partial charge in [-0.1, -0.05) is 22.0 Å². The number of carbonyl (C=O) groups excluding carboxylic acids is 1. The molecule has 0 aliphatic carbocycles. The molecule has 0 radical (unpaired) electrons. The van der Waals surface area contributed by atoms with Gasteiger partial charge in [-0.25, -0.2) is 0 Å². The van der Waals surface area contributed by atoms with E-state index in [1.807, 2.05) is 25.1 Å². The summed E-state index contributed by atoms with van der Waals surface area (Å²) in [6.45, 7) is 3.45. The third kappa shape index (κ3) is 2.74. The molecule has 18 heavy (non-hydrogen) atoms. The molecule has 0 bridgehead atoms. The van der Waals surface area contributed by atoms with E-state index >= 15 is 0 Å². The van der Waals surface area contributed by atoms with Crippen LogP contribution in [-0.2, 0) is 4.79 Å². The maximum absolute atomic E-state index is 12.2. The molecule has 1 aromatic rings. The van der Waals surface area contributed by atoms with E-state index in [0.717, 1.165) is 22.3 Å². The lowest BCUT2D eigenvalue weighted by Crippen LogP contribution is -2.55. The molecular weight excluding hydrogens is 296 g/mol. The van der Waals surface area contributed by atoms with Gasteiger partial charge in [0.15, 0.2) is 0 Å². The summed E-state index contributed by atoms with van der Waals surface area (Å²) in [5.74, 6) is 0.0334. The standard InChI is InChI=1S/C13H17BrN2O2/c1-9-2-3-10(8-11(9)14)16-6-5-15-12(4-7-17)13(16)18/h2-3,8,12,15,17H,4-7H2,1H3. The number of rotatable bonds is 3. The van der Waals surface area contributed by atoms with E-state index in [-0.39, 0.29) is 18.6 Å². The predicted octanol–water partition coefficient (Wildman–Crippen LogP) is 1.44. The quantitative estimate of drug-likeness (QED) is 0.888. The van der Waals surface area contributed by atoms with Gasteiger partial charge in [0, 0.05) is 29.9 Å². The first-order chi connectivity index (χ1) is 8.63. The number of carbonyl (C=O) groups is 1. The van der Waals surface area contributed by atoms with Gasteiger partial charge in [0.2, 0.25) is 5.91 Å². The van der Waals surface area contributed by atoms with Crippen molar-refractivity contribution in [2.24, 2.45) is 0 Å². The van der Waals surface area contributed by atoms with E-state index in [1.54, 1.807) is 4.90 Å². The highest BCUT2D eigenvalue weighted by Crippen LogP contribution is 2.25. The highest BCUT2D eigenvalue weighted by atomic mass is 79.9. The highest BCUT2D eigenvalue weighted by molar-refractivity contribution is 9.10. The van der Waals surface area contributed by atoms with Gasteiger partial charge < -0.3 is 15.3 Å².